The van der Waals surface area contributed by atoms with Crippen LogP contribution < -0.4 is 0 Å². The fraction of sp³-hybridized carbons (Fsp3) is 0. The predicted molar refractivity (Wildman–Crippen MR) is 216 cm³/mol. The van der Waals surface area contributed by atoms with Crippen molar-refractivity contribution in [2.75, 3.05) is 0 Å². The van der Waals surface area contributed by atoms with E-state index in [0.29, 0.717) is 17.6 Å². The van der Waals surface area contributed by atoms with Gasteiger partial charge >= 0.3 is 0 Å². The normalized spacial score (nSPS) is 11.9. The Morgan fingerprint density at radius 2 is 1.00 bits per heavy atom. The molecule has 4 aromatic heterocycles. The lowest BCUT2D eigenvalue weighted by Crippen LogP contribution is -2.06. The molecule has 0 atom stereocenters. The van der Waals surface area contributed by atoms with Gasteiger partial charge in [-0.15, -0.1) is 22.7 Å². The quantitative estimate of drug-likeness (QED) is 0.185. The van der Waals surface area contributed by atoms with Gasteiger partial charge in [0, 0.05) is 62.2 Å². The van der Waals surface area contributed by atoms with Crippen LogP contribution in [0.4, 0.5) is 0 Å². The average Bonchev–Trinajstić information content (AvgIpc) is 3.86. The summed E-state index contributed by atoms with van der Waals surface area (Å²) in [6, 6.07) is 56.0. The van der Waals surface area contributed by atoms with Gasteiger partial charge in [0.05, 0.1) is 11.0 Å². The van der Waals surface area contributed by atoms with E-state index in [2.05, 4.69) is 156 Å². The van der Waals surface area contributed by atoms with E-state index < -0.39 is 0 Å². The second kappa shape index (κ2) is 11.2. The first kappa shape index (κ1) is 28.6. The van der Waals surface area contributed by atoms with Crippen LogP contribution in [0.25, 0.3) is 102 Å². The molecular weight excluding hydrogens is 661 g/mol. The van der Waals surface area contributed by atoms with Crippen LogP contribution in [0.3, 0.4) is 0 Å². The molecule has 0 aliphatic heterocycles. The molecule has 7 aromatic carbocycles. The van der Waals surface area contributed by atoms with Crippen molar-refractivity contribution in [1.29, 1.82) is 0 Å². The van der Waals surface area contributed by atoms with E-state index in [1.165, 1.54) is 56.7 Å². The Hall–Kier alpha value is -6.21. The van der Waals surface area contributed by atoms with Crippen molar-refractivity contribution in [3.8, 4) is 39.9 Å². The Balaban J connectivity index is 1.20. The fourth-order valence-corrected chi connectivity index (χ4v) is 9.82. The highest BCUT2D eigenvalue weighted by atomic mass is 32.1. The largest absolute Gasteiger partial charge is 0.278 e. The van der Waals surface area contributed by atoms with Gasteiger partial charge < -0.3 is 0 Å². The second-order valence-corrected chi connectivity index (χ2v) is 15.0. The second-order valence-electron chi connectivity index (χ2n) is 12.8. The molecule has 4 heterocycles. The summed E-state index contributed by atoms with van der Waals surface area (Å²) >= 11 is 3.63. The van der Waals surface area contributed by atoms with Gasteiger partial charge in [-0.1, -0.05) is 121 Å². The van der Waals surface area contributed by atoms with Gasteiger partial charge in [0.1, 0.15) is 0 Å². The number of aromatic nitrogens is 4. The van der Waals surface area contributed by atoms with Gasteiger partial charge in [-0.2, -0.15) is 9.97 Å². The van der Waals surface area contributed by atoms with E-state index in [0.717, 1.165) is 27.7 Å². The molecule has 0 aliphatic rings. The molecule has 0 saturated heterocycles. The lowest BCUT2D eigenvalue weighted by atomic mass is 10.0. The SMILES string of the molecule is c1ccc(-c2ccc(-c3nc(-c4cccc5c4sc4ccccc45)nc(-n4c5ccccc5c5cc6sc7ccccc7c6cc54)n3)cc2)cc1. The summed E-state index contributed by atoms with van der Waals surface area (Å²) in [5.41, 5.74) is 6.42. The number of fused-ring (bicyclic) bond motifs is 9. The minimum atomic E-state index is 0.602. The number of para-hydroxylation sites is 1. The lowest BCUT2D eigenvalue weighted by molar-refractivity contribution is 0.955. The topological polar surface area (TPSA) is 43.6 Å². The van der Waals surface area contributed by atoms with E-state index in [4.69, 9.17) is 15.0 Å². The molecule has 4 nitrogen and oxygen atoms in total. The van der Waals surface area contributed by atoms with Gasteiger partial charge in [0.2, 0.25) is 5.95 Å². The lowest BCUT2D eigenvalue weighted by Gasteiger charge is -2.12. The van der Waals surface area contributed by atoms with Crippen LogP contribution in [0, 0.1) is 0 Å². The molecule has 51 heavy (non-hydrogen) atoms. The predicted octanol–water partition coefficient (Wildman–Crippen LogP) is 12.7. The number of hydrogen-bond acceptors (Lipinski definition) is 5. The Bertz CT molecular complexity index is 3140. The molecule has 0 aliphatic carbocycles. The zero-order valence-electron chi connectivity index (χ0n) is 27.1. The first-order chi connectivity index (χ1) is 25.3. The van der Waals surface area contributed by atoms with Crippen molar-refractivity contribution in [2.24, 2.45) is 0 Å². The van der Waals surface area contributed by atoms with Crippen molar-refractivity contribution in [1.82, 2.24) is 19.5 Å². The van der Waals surface area contributed by atoms with Crippen molar-refractivity contribution in [3.63, 3.8) is 0 Å². The number of hydrogen-bond donors (Lipinski definition) is 0. The molecule has 11 rings (SSSR count). The third-order valence-electron chi connectivity index (χ3n) is 9.89. The molecule has 6 heteroatoms. The average molecular weight is 687 g/mol. The van der Waals surface area contributed by atoms with Crippen molar-refractivity contribution < 1.29 is 0 Å². The molecule has 0 spiro atoms. The Morgan fingerprint density at radius 1 is 0.373 bits per heavy atom. The maximum absolute atomic E-state index is 5.34. The molecule has 0 fully saturated rings. The van der Waals surface area contributed by atoms with E-state index >= 15 is 0 Å². The van der Waals surface area contributed by atoms with Crippen LogP contribution in [0.1, 0.15) is 0 Å². The third-order valence-corrected chi connectivity index (χ3v) is 12.2. The maximum atomic E-state index is 5.34. The number of benzene rings is 7. The van der Waals surface area contributed by atoms with Crippen LogP contribution >= 0.6 is 22.7 Å². The molecule has 0 N–H and O–H groups in total. The van der Waals surface area contributed by atoms with Gasteiger partial charge in [-0.3, -0.25) is 4.57 Å². The van der Waals surface area contributed by atoms with Gasteiger partial charge in [0.25, 0.3) is 0 Å². The molecule has 0 bridgehead atoms. The smallest absolute Gasteiger partial charge is 0.238 e. The third kappa shape index (κ3) is 4.47. The van der Waals surface area contributed by atoms with Gasteiger partial charge in [-0.25, -0.2) is 4.98 Å². The zero-order valence-corrected chi connectivity index (χ0v) is 28.7. The Labute approximate surface area is 300 Å². The number of nitrogens with zero attached hydrogens (tertiary/aromatic N) is 4. The Kier molecular flexibility index (Phi) is 6.26. The van der Waals surface area contributed by atoms with Gasteiger partial charge in [-0.05, 0) is 47.5 Å². The maximum Gasteiger partial charge on any atom is 0.238 e. The van der Waals surface area contributed by atoms with Crippen molar-refractivity contribution >= 4 is 84.8 Å². The zero-order chi connectivity index (χ0) is 33.5. The first-order valence-corrected chi connectivity index (χ1v) is 18.6. The number of rotatable bonds is 4. The van der Waals surface area contributed by atoms with Crippen LogP contribution in [-0.2, 0) is 0 Å². The van der Waals surface area contributed by atoms with E-state index in [9.17, 15) is 0 Å². The summed E-state index contributed by atoms with van der Waals surface area (Å²) in [6.07, 6.45) is 0. The highest BCUT2D eigenvalue weighted by Crippen LogP contribution is 2.42. The minimum absolute atomic E-state index is 0.602. The molecule has 0 saturated carbocycles. The summed E-state index contributed by atoms with van der Waals surface area (Å²) in [6.45, 7) is 0. The molecule has 0 radical (unpaired) electrons. The monoisotopic (exact) mass is 686 g/mol. The van der Waals surface area contributed by atoms with E-state index in [-0.39, 0.29) is 0 Å². The van der Waals surface area contributed by atoms with Gasteiger partial charge in [0.15, 0.2) is 11.6 Å². The minimum Gasteiger partial charge on any atom is -0.278 e. The Morgan fingerprint density at radius 3 is 1.82 bits per heavy atom. The highest BCUT2D eigenvalue weighted by molar-refractivity contribution is 7.26. The van der Waals surface area contributed by atoms with Crippen molar-refractivity contribution in [2.45, 2.75) is 0 Å². The summed E-state index contributed by atoms with van der Waals surface area (Å²) in [5.74, 6) is 1.90. The van der Waals surface area contributed by atoms with E-state index in [1.54, 1.807) is 11.3 Å². The molecule has 0 amide bonds. The highest BCUT2D eigenvalue weighted by Gasteiger charge is 2.21. The molecule has 0 unspecified atom stereocenters. The standard InChI is InChI=1S/C45H26N4S2/c1-2-11-27(12-3-1)28-21-23-29(24-22-28)43-46-44(34-17-10-16-33-31-14-5-9-20-40(31)51-42(33)34)48-45(47-43)49-37-18-7-4-13-30(37)35-26-41-36(25-38(35)49)32-15-6-8-19-39(32)50-41/h1-26H. The number of thiophene rings is 2. The summed E-state index contributed by atoms with van der Waals surface area (Å²) in [5, 5.41) is 7.34. The first-order valence-electron chi connectivity index (χ1n) is 16.9. The fourth-order valence-electron chi connectivity index (χ4n) is 7.48. The van der Waals surface area contributed by atoms with E-state index in [1.807, 2.05) is 17.4 Å². The summed E-state index contributed by atoms with van der Waals surface area (Å²) in [4.78, 5) is 15.8. The molecule has 11 aromatic rings. The van der Waals surface area contributed by atoms with Crippen LogP contribution in [0.5, 0.6) is 0 Å². The summed E-state index contributed by atoms with van der Waals surface area (Å²) in [7, 11) is 0. The summed E-state index contributed by atoms with van der Waals surface area (Å²) < 4.78 is 7.22. The van der Waals surface area contributed by atoms with Crippen LogP contribution in [-0.4, -0.2) is 19.5 Å². The molecular formula is C45H26N4S2. The van der Waals surface area contributed by atoms with Crippen molar-refractivity contribution in [3.05, 3.63) is 158 Å². The molecule has 238 valence electrons. The van der Waals surface area contributed by atoms with Crippen LogP contribution in [0.2, 0.25) is 0 Å². The van der Waals surface area contributed by atoms with Crippen LogP contribution in [0.15, 0.2) is 158 Å².